The van der Waals surface area contributed by atoms with Gasteiger partial charge >= 0.3 is 0 Å². The Morgan fingerprint density at radius 1 is 0.739 bits per heavy atom. The zero-order valence-corrected chi connectivity index (χ0v) is 30.8. The van der Waals surface area contributed by atoms with Gasteiger partial charge in [-0.1, -0.05) is 64.1 Å². The van der Waals surface area contributed by atoms with E-state index in [1.165, 1.54) is 44.8 Å². The van der Waals surface area contributed by atoms with Gasteiger partial charge in [0.1, 0.15) is 6.54 Å². The average molecular weight is 656 g/mol. The predicted molar refractivity (Wildman–Crippen MR) is 210 cm³/mol. The zero-order chi connectivity index (χ0) is 33.1. The fourth-order valence-electron chi connectivity index (χ4n) is 5.23. The molecule has 4 nitrogen and oxygen atoms in total. The topological polar surface area (TPSA) is 22.4 Å². The van der Waals surface area contributed by atoms with Crippen molar-refractivity contribution < 1.29 is 4.57 Å². The number of nitrogens with zero attached hydrogens (tertiary/aromatic N) is 3. The van der Waals surface area contributed by atoms with Gasteiger partial charge in [0.2, 0.25) is 0 Å². The van der Waals surface area contributed by atoms with Crippen LogP contribution in [-0.4, -0.2) is 44.2 Å². The fourth-order valence-corrected chi connectivity index (χ4v) is 7.21. The van der Waals surface area contributed by atoms with Crippen molar-refractivity contribution in [3.8, 4) is 0 Å². The van der Waals surface area contributed by atoms with E-state index in [4.69, 9.17) is 0 Å². The van der Waals surface area contributed by atoms with Crippen LogP contribution in [0.25, 0.3) is 17.7 Å². The Labute approximate surface area is 287 Å². The molecule has 2 aromatic carbocycles. The number of allylic oxidation sites excluding steroid dienone is 5. The standard InChI is InChI=1S/C40H55N4S2/c1-8-37(21-24-41-9-2)33(6)31-35-13-17-39(18-14-35)43(11-4)27-29-45-46-30-28-44(12-5)40-19-15-36(16-20-40)32-34(7)38-22-25-42(10-3)26-23-38/h8,13-26,31-32,41H,9-12,27-30H2,1-7H3/q+1/b24-21-,33-31+,37-8+. The van der Waals surface area contributed by atoms with E-state index in [2.05, 4.69) is 166 Å². The van der Waals surface area contributed by atoms with Crippen LogP contribution in [0.4, 0.5) is 11.4 Å². The molecule has 1 aromatic heterocycles. The van der Waals surface area contributed by atoms with Crippen LogP contribution in [0.5, 0.6) is 0 Å². The third-order valence-corrected chi connectivity index (χ3v) is 10.4. The quantitative estimate of drug-likeness (QED) is 0.0599. The van der Waals surface area contributed by atoms with Gasteiger partial charge in [0.15, 0.2) is 12.4 Å². The highest BCUT2D eigenvalue weighted by Crippen LogP contribution is 2.25. The summed E-state index contributed by atoms with van der Waals surface area (Å²) >= 11 is 0. The Bertz CT molecular complexity index is 1420. The second-order valence-corrected chi connectivity index (χ2v) is 13.9. The molecular formula is C40H55N4S2+. The molecule has 3 rings (SSSR count). The lowest BCUT2D eigenvalue weighted by Crippen LogP contribution is -2.30. The van der Waals surface area contributed by atoms with Crippen LogP contribution in [0, 0.1) is 0 Å². The summed E-state index contributed by atoms with van der Waals surface area (Å²) in [5.74, 6) is 2.21. The number of aromatic nitrogens is 1. The summed E-state index contributed by atoms with van der Waals surface area (Å²) in [6.45, 7) is 21.3. The Kier molecular flexibility index (Phi) is 16.7. The monoisotopic (exact) mass is 655 g/mol. The fraction of sp³-hybridized carbons (Fsp3) is 0.375. The van der Waals surface area contributed by atoms with Gasteiger partial charge < -0.3 is 15.1 Å². The molecular weight excluding hydrogens is 601 g/mol. The second kappa shape index (κ2) is 20.7. The van der Waals surface area contributed by atoms with E-state index in [0.717, 1.165) is 50.8 Å². The normalized spacial score (nSPS) is 12.5. The van der Waals surface area contributed by atoms with Crippen LogP contribution in [0.15, 0.2) is 103 Å². The van der Waals surface area contributed by atoms with Crippen molar-refractivity contribution in [1.29, 1.82) is 0 Å². The van der Waals surface area contributed by atoms with Crippen molar-refractivity contribution in [1.82, 2.24) is 5.32 Å². The lowest BCUT2D eigenvalue weighted by Gasteiger charge is -2.24. The molecule has 0 fully saturated rings. The minimum Gasteiger partial charge on any atom is -0.391 e. The number of nitrogens with one attached hydrogen (secondary N) is 1. The maximum absolute atomic E-state index is 3.25. The molecule has 0 atom stereocenters. The molecule has 1 heterocycles. The molecule has 46 heavy (non-hydrogen) atoms. The zero-order valence-electron chi connectivity index (χ0n) is 29.1. The summed E-state index contributed by atoms with van der Waals surface area (Å²) in [5.41, 5.74) is 10.1. The SMILES string of the molecule is C/C=C(\C=C/NCC)C(/C)=C/c1ccc(N(CC)CCSSCCN(CC)c2ccc(/C=C(\C)c3cc[n+](CC)cc3)cc2)cc1. The van der Waals surface area contributed by atoms with Crippen LogP contribution < -0.4 is 19.7 Å². The largest absolute Gasteiger partial charge is 0.391 e. The lowest BCUT2D eigenvalue weighted by atomic mass is 10.0. The molecule has 246 valence electrons. The third kappa shape index (κ3) is 12.1. The maximum atomic E-state index is 3.25. The number of anilines is 2. The summed E-state index contributed by atoms with van der Waals surface area (Å²) in [6.07, 6.45) is 15.2. The Morgan fingerprint density at radius 3 is 1.72 bits per heavy atom. The van der Waals surface area contributed by atoms with Gasteiger partial charge in [0, 0.05) is 67.7 Å². The first-order valence-corrected chi connectivity index (χ1v) is 19.3. The first-order chi connectivity index (χ1) is 22.4. The van der Waals surface area contributed by atoms with Crippen LogP contribution >= 0.6 is 21.6 Å². The molecule has 0 aliphatic rings. The van der Waals surface area contributed by atoms with E-state index < -0.39 is 0 Å². The number of hydrogen-bond acceptors (Lipinski definition) is 5. The highest BCUT2D eigenvalue weighted by atomic mass is 33.1. The highest BCUT2D eigenvalue weighted by molar-refractivity contribution is 8.76. The molecule has 6 heteroatoms. The minimum absolute atomic E-state index is 0.934. The summed E-state index contributed by atoms with van der Waals surface area (Å²) in [5, 5.41) is 3.25. The van der Waals surface area contributed by atoms with Crippen LogP contribution in [0.2, 0.25) is 0 Å². The Hall–Kier alpha value is -3.35. The van der Waals surface area contributed by atoms with Crippen LogP contribution in [0.1, 0.15) is 65.2 Å². The van der Waals surface area contributed by atoms with E-state index in [1.807, 2.05) is 27.8 Å². The van der Waals surface area contributed by atoms with Crippen molar-refractivity contribution in [3.05, 3.63) is 119 Å². The highest BCUT2D eigenvalue weighted by Gasteiger charge is 2.08. The molecule has 0 saturated heterocycles. The van der Waals surface area contributed by atoms with Crippen molar-refractivity contribution in [2.45, 2.75) is 55.0 Å². The predicted octanol–water partition coefficient (Wildman–Crippen LogP) is 9.76. The van der Waals surface area contributed by atoms with E-state index in [0.29, 0.717) is 0 Å². The van der Waals surface area contributed by atoms with Crippen LogP contribution in [0.3, 0.4) is 0 Å². The van der Waals surface area contributed by atoms with Crippen molar-refractivity contribution in [2.75, 3.05) is 54.0 Å². The summed E-state index contributed by atoms with van der Waals surface area (Å²) in [4.78, 5) is 4.95. The smallest absolute Gasteiger partial charge is 0.169 e. The van der Waals surface area contributed by atoms with Gasteiger partial charge in [-0.2, -0.15) is 0 Å². The first-order valence-electron chi connectivity index (χ1n) is 16.8. The van der Waals surface area contributed by atoms with Gasteiger partial charge in [-0.15, -0.1) is 0 Å². The maximum Gasteiger partial charge on any atom is 0.169 e. The summed E-state index contributed by atoms with van der Waals surface area (Å²) < 4.78 is 2.19. The molecule has 0 bridgehead atoms. The second-order valence-electron chi connectivity index (χ2n) is 11.2. The van der Waals surface area contributed by atoms with Gasteiger partial charge in [-0.05, 0) is 118 Å². The van der Waals surface area contributed by atoms with E-state index in [9.17, 15) is 0 Å². The molecule has 0 saturated carbocycles. The number of benzene rings is 2. The lowest BCUT2D eigenvalue weighted by molar-refractivity contribution is -0.693. The van der Waals surface area contributed by atoms with Crippen molar-refractivity contribution >= 4 is 50.7 Å². The summed E-state index contributed by atoms with van der Waals surface area (Å²) in [7, 11) is 3.97. The number of hydrogen-bond donors (Lipinski definition) is 1. The molecule has 0 aliphatic carbocycles. The van der Waals surface area contributed by atoms with E-state index >= 15 is 0 Å². The molecule has 0 unspecified atom stereocenters. The molecule has 1 N–H and O–H groups in total. The van der Waals surface area contributed by atoms with Crippen molar-refractivity contribution in [3.63, 3.8) is 0 Å². The first kappa shape index (κ1) is 37.1. The molecule has 3 aromatic rings. The molecule has 0 radical (unpaired) electrons. The number of pyridine rings is 1. The third-order valence-electron chi connectivity index (χ3n) is 8.08. The number of aryl methyl sites for hydroxylation is 1. The van der Waals surface area contributed by atoms with Gasteiger partial charge in [0.25, 0.3) is 0 Å². The van der Waals surface area contributed by atoms with E-state index in [1.54, 1.807) is 0 Å². The Balaban J connectivity index is 1.43. The molecule has 0 amide bonds. The van der Waals surface area contributed by atoms with Gasteiger partial charge in [-0.3, -0.25) is 0 Å². The van der Waals surface area contributed by atoms with Crippen molar-refractivity contribution in [2.24, 2.45) is 0 Å². The van der Waals surface area contributed by atoms with E-state index in [-0.39, 0.29) is 0 Å². The number of rotatable bonds is 19. The van der Waals surface area contributed by atoms with Gasteiger partial charge in [-0.25, -0.2) is 4.57 Å². The molecule has 0 aliphatic heterocycles. The van der Waals surface area contributed by atoms with Gasteiger partial charge in [0.05, 0.1) is 0 Å². The Morgan fingerprint density at radius 2 is 1.26 bits per heavy atom. The van der Waals surface area contributed by atoms with Crippen LogP contribution in [-0.2, 0) is 6.54 Å². The average Bonchev–Trinajstić information content (AvgIpc) is 3.09. The summed E-state index contributed by atoms with van der Waals surface area (Å²) in [6, 6.07) is 22.4. The minimum atomic E-state index is 0.934. The molecule has 0 spiro atoms.